The van der Waals surface area contributed by atoms with Crippen LogP contribution in [0.4, 0.5) is 4.39 Å². The third-order valence-electron chi connectivity index (χ3n) is 2.11. The topological polar surface area (TPSA) is 49.3 Å². The summed E-state index contributed by atoms with van der Waals surface area (Å²) in [6.07, 6.45) is 2.59. The zero-order chi connectivity index (χ0) is 12.5. The highest BCUT2D eigenvalue weighted by Gasteiger charge is 2.02. The molecule has 0 bridgehead atoms. The van der Waals surface area contributed by atoms with Crippen molar-refractivity contribution in [3.8, 4) is 0 Å². The van der Waals surface area contributed by atoms with Gasteiger partial charge in [0.05, 0.1) is 12.2 Å². The lowest BCUT2D eigenvalue weighted by Crippen LogP contribution is -2.37. The van der Waals surface area contributed by atoms with E-state index in [4.69, 9.17) is 0 Å². The van der Waals surface area contributed by atoms with Crippen molar-refractivity contribution < 1.29 is 4.39 Å². The molecule has 0 saturated carbocycles. The van der Waals surface area contributed by atoms with Crippen molar-refractivity contribution in [2.24, 2.45) is 4.99 Å². The van der Waals surface area contributed by atoms with Crippen LogP contribution in [0.1, 0.15) is 26.0 Å². The number of pyridine rings is 1. The van der Waals surface area contributed by atoms with E-state index in [2.05, 4.69) is 27.5 Å². The Morgan fingerprint density at radius 1 is 1.41 bits per heavy atom. The molecule has 5 heteroatoms. The van der Waals surface area contributed by atoms with E-state index >= 15 is 0 Å². The standard InChI is InChI=1S/C12H19FN4/c1-3-7-16-12(14-4-2)17-9-11-10(13)6-5-8-15-11/h5-6,8H,3-4,7,9H2,1-2H3,(H2,14,16,17). The molecule has 2 N–H and O–H groups in total. The van der Waals surface area contributed by atoms with E-state index in [9.17, 15) is 4.39 Å². The summed E-state index contributed by atoms with van der Waals surface area (Å²) in [6, 6.07) is 2.97. The summed E-state index contributed by atoms with van der Waals surface area (Å²) in [5, 5.41) is 6.24. The molecule has 0 atom stereocenters. The van der Waals surface area contributed by atoms with Crippen molar-refractivity contribution in [2.75, 3.05) is 13.1 Å². The van der Waals surface area contributed by atoms with Gasteiger partial charge in [-0.1, -0.05) is 6.92 Å². The lowest BCUT2D eigenvalue weighted by molar-refractivity contribution is 0.599. The molecule has 0 amide bonds. The van der Waals surface area contributed by atoms with Crippen molar-refractivity contribution in [3.63, 3.8) is 0 Å². The number of rotatable bonds is 5. The van der Waals surface area contributed by atoms with Gasteiger partial charge in [-0.25, -0.2) is 9.38 Å². The molecule has 0 aliphatic rings. The van der Waals surface area contributed by atoms with E-state index in [1.807, 2.05) is 6.92 Å². The van der Waals surface area contributed by atoms with Crippen LogP contribution in [0, 0.1) is 5.82 Å². The van der Waals surface area contributed by atoms with Crippen LogP contribution in [0.25, 0.3) is 0 Å². The second-order valence-electron chi connectivity index (χ2n) is 3.55. The summed E-state index contributed by atoms with van der Waals surface area (Å²) in [4.78, 5) is 8.23. The third kappa shape index (κ3) is 4.80. The second kappa shape index (κ2) is 7.60. The Morgan fingerprint density at radius 3 is 2.88 bits per heavy atom. The predicted octanol–water partition coefficient (Wildman–Crippen LogP) is 1.69. The molecule has 17 heavy (non-hydrogen) atoms. The molecule has 0 saturated heterocycles. The molecule has 1 heterocycles. The Labute approximate surface area is 101 Å². The van der Waals surface area contributed by atoms with Gasteiger partial charge in [0, 0.05) is 19.3 Å². The first-order valence-electron chi connectivity index (χ1n) is 5.89. The van der Waals surface area contributed by atoms with Crippen LogP contribution in [0.15, 0.2) is 23.3 Å². The summed E-state index contributed by atoms with van der Waals surface area (Å²) in [5.41, 5.74) is 0.362. The van der Waals surface area contributed by atoms with E-state index in [1.54, 1.807) is 12.3 Å². The predicted molar refractivity (Wildman–Crippen MR) is 67.3 cm³/mol. The number of halogens is 1. The van der Waals surface area contributed by atoms with Crippen molar-refractivity contribution in [2.45, 2.75) is 26.8 Å². The van der Waals surface area contributed by atoms with Gasteiger partial charge in [0.2, 0.25) is 0 Å². The van der Waals surface area contributed by atoms with E-state index in [0.717, 1.165) is 19.5 Å². The normalized spacial score (nSPS) is 11.4. The Hall–Kier alpha value is -1.65. The lowest BCUT2D eigenvalue weighted by Gasteiger charge is -2.09. The van der Waals surface area contributed by atoms with Crippen molar-refractivity contribution in [1.29, 1.82) is 0 Å². The molecule has 0 fully saturated rings. The minimum absolute atomic E-state index is 0.242. The van der Waals surface area contributed by atoms with Gasteiger partial charge >= 0.3 is 0 Å². The maximum atomic E-state index is 13.3. The quantitative estimate of drug-likeness (QED) is 0.606. The van der Waals surface area contributed by atoms with Crippen molar-refractivity contribution >= 4 is 5.96 Å². The van der Waals surface area contributed by atoms with E-state index < -0.39 is 0 Å². The number of guanidine groups is 1. The van der Waals surface area contributed by atoms with E-state index in [-0.39, 0.29) is 12.4 Å². The van der Waals surface area contributed by atoms with Crippen molar-refractivity contribution in [1.82, 2.24) is 15.6 Å². The van der Waals surface area contributed by atoms with Gasteiger partial charge in [-0.2, -0.15) is 0 Å². The highest BCUT2D eigenvalue weighted by Crippen LogP contribution is 2.03. The Balaban J connectivity index is 2.61. The molecule has 0 aliphatic heterocycles. The molecule has 0 aromatic carbocycles. The maximum Gasteiger partial charge on any atom is 0.191 e. The number of hydrogen-bond acceptors (Lipinski definition) is 2. The zero-order valence-electron chi connectivity index (χ0n) is 10.3. The summed E-state index contributed by atoms with van der Waals surface area (Å²) in [7, 11) is 0. The fraction of sp³-hybridized carbons (Fsp3) is 0.500. The van der Waals surface area contributed by atoms with Gasteiger partial charge in [0.1, 0.15) is 5.82 Å². The van der Waals surface area contributed by atoms with Gasteiger partial charge in [-0.15, -0.1) is 0 Å². The molecular weight excluding hydrogens is 219 g/mol. The highest BCUT2D eigenvalue weighted by atomic mass is 19.1. The van der Waals surface area contributed by atoms with Crippen LogP contribution in [0.3, 0.4) is 0 Å². The largest absolute Gasteiger partial charge is 0.357 e. The Bertz CT molecular complexity index is 365. The average molecular weight is 238 g/mol. The summed E-state index contributed by atoms with van der Waals surface area (Å²) in [5.74, 6) is 0.377. The first kappa shape index (κ1) is 13.4. The number of aliphatic imine (C=N–C) groups is 1. The van der Waals surface area contributed by atoms with E-state index in [1.165, 1.54) is 6.07 Å². The average Bonchev–Trinajstić information content (AvgIpc) is 2.34. The summed E-state index contributed by atoms with van der Waals surface area (Å²) < 4.78 is 13.3. The molecule has 94 valence electrons. The lowest BCUT2D eigenvalue weighted by atomic mass is 10.3. The number of aromatic nitrogens is 1. The van der Waals surface area contributed by atoms with Crippen LogP contribution in [-0.4, -0.2) is 24.0 Å². The smallest absolute Gasteiger partial charge is 0.191 e. The van der Waals surface area contributed by atoms with Crippen LogP contribution < -0.4 is 10.6 Å². The molecule has 0 radical (unpaired) electrons. The Kier molecular flexibility index (Phi) is 5.99. The van der Waals surface area contributed by atoms with Crippen LogP contribution in [0.5, 0.6) is 0 Å². The molecule has 1 aromatic rings. The maximum absolute atomic E-state index is 13.3. The van der Waals surface area contributed by atoms with Crippen molar-refractivity contribution in [3.05, 3.63) is 29.8 Å². The first-order chi connectivity index (χ1) is 8.27. The van der Waals surface area contributed by atoms with Gasteiger partial charge in [0.15, 0.2) is 5.96 Å². The molecule has 1 rings (SSSR count). The van der Waals surface area contributed by atoms with Crippen LogP contribution in [0.2, 0.25) is 0 Å². The second-order valence-corrected chi connectivity index (χ2v) is 3.55. The molecular formula is C12H19FN4. The minimum atomic E-state index is -0.317. The molecule has 4 nitrogen and oxygen atoms in total. The first-order valence-corrected chi connectivity index (χ1v) is 5.89. The molecule has 0 aliphatic carbocycles. The van der Waals surface area contributed by atoms with E-state index in [0.29, 0.717) is 11.7 Å². The zero-order valence-corrected chi connectivity index (χ0v) is 10.3. The van der Waals surface area contributed by atoms with Gasteiger partial charge in [0.25, 0.3) is 0 Å². The number of nitrogens with one attached hydrogen (secondary N) is 2. The molecule has 0 spiro atoms. The highest BCUT2D eigenvalue weighted by molar-refractivity contribution is 5.79. The van der Waals surface area contributed by atoms with Gasteiger partial charge in [-0.05, 0) is 25.5 Å². The Morgan fingerprint density at radius 2 is 2.24 bits per heavy atom. The number of hydrogen-bond donors (Lipinski definition) is 2. The third-order valence-corrected chi connectivity index (χ3v) is 2.11. The van der Waals surface area contributed by atoms with Crippen LogP contribution >= 0.6 is 0 Å². The fourth-order valence-electron chi connectivity index (χ4n) is 1.27. The monoisotopic (exact) mass is 238 g/mol. The number of nitrogens with zero attached hydrogens (tertiary/aromatic N) is 2. The summed E-state index contributed by atoms with van der Waals surface area (Å²) in [6.45, 7) is 5.93. The van der Waals surface area contributed by atoms with Gasteiger partial charge in [-0.3, -0.25) is 4.98 Å². The molecule has 0 unspecified atom stereocenters. The molecule has 1 aromatic heterocycles. The summed E-state index contributed by atoms with van der Waals surface area (Å²) >= 11 is 0. The van der Waals surface area contributed by atoms with Crippen LogP contribution in [-0.2, 0) is 6.54 Å². The van der Waals surface area contributed by atoms with Gasteiger partial charge < -0.3 is 10.6 Å². The fourth-order valence-corrected chi connectivity index (χ4v) is 1.27. The minimum Gasteiger partial charge on any atom is -0.357 e. The SMILES string of the molecule is CCCNC(=NCc1ncccc1F)NCC.